The minimum atomic E-state index is -0.160. The highest BCUT2D eigenvalue weighted by atomic mass is 79.9. The van der Waals surface area contributed by atoms with Crippen molar-refractivity contribution in [2.75, 3.05) is 12.4 Å². The second-order valence-corrected chi connectivity index (χ2v) is 5.33. The monoisotopic (exact) mass is 302 g/mol. The quantitative estimate of drug-likeness (QED) is 0.626. The Kier molecular flexibility index (Phi) is 5.35. The van der Waals surface area contributed by atoms with Crippen molar-refractivity contribution in [3.8, 4) is 0 Å². The maximum atomic E-state index is 11.2. The standard InChI is InChI=1S/C12H15BrO2S/c1-4-15-12(14)7-16-11-6-8(2)10(13)5-9(11)3/h5-6H,4,7H2,1-3H3. The molecule has 0 aliphatic heterocycles. The second-order valence-electron chi connectivity index (χ2n) is 3.46. The van der Waals surface area contributed by atoms with Gasteiger partial charge < -0.3 is 4.74 Å². The molecular weight excluding hydrogens is 288 g/mol. The molecule has 0 amide bonds. The fourth-order valence-electron chi connectivity index (χ4n) is 1.25. The number of aryl methyl sites for hydroxylation is 2. The third-order valence-electron chi connectivity index (χ3n) is 2.11. The van der Waals surface area contributed by atoms with Crippen LogP contribution in [0.5, 0.6) is 0 Å². The number of ether oxygens (including phenoxy) is 1. The van der Waals surface area contributed by atoms with Crippen molar-refractivity contribution in [2.45, 2.75) is 25.7 Å². The molecule has 0 saturated carbocycles. The number of thioether (sulfide) groups is 1. The van der Waals surface area contributed by atoms with Crippen LogP contribution in [0.4, 0.5) is 0 Å². The van der Waals surface area contributed by atoms with Gasteiger partial charge in [0.05, 0.1) is 12.4 Å². The van der Waals surface area contributed by atoms with E-state index in [1.165, 1.54) is 22.9 Å². The Morgan fingerprint density at radius 1 is 1.38 bits per heavy atom. The predicted molar refractivity (Wildman–Crippen MR) is 71.0 cm³/mol. The van der Waals surface area contributed by atoms with E-state index in [0.29, 0.717) is 12.4 Å². The Bertz CT molecular complexity index is 391. The lowest BCUT2D eigenvalue weighted by molar-refractivity contribution is -0.139. The zero-order chi connectivity index (χ0) is 12.1. The van der Waals surface area contributed by atoms with Crippen LogP contribution in [0, 0.1) is 13.8 Å². The molecular formula is C12H15BrO2S. The molecule has 0 radical (unpaired) electrons. The summed E-state index contributed by atoms with van der Waals surface area (Å²) in [5, 5.41) is 0. The van der Waals surface area contributed by atoms with E-state index in [0.717, 1.165) is 9.37 Å². The fourth-order valence-corrected chi connectivity index (χ4v) is 2.61. The van der Waals surface area contributed by atoms with Crippen LogP contribution in [0.15, 0.2) is 21.5 Å². The van der Waals surface area contributed by atoms with Crippen molar-refractivity contribution in [1.82, 2.24) is 0 Å². The Morgan fingerprint density at radius 3 is 2.69 bits per heavy atom. The number of hydrogen-bond donors (Lipinski definition) is 0. The van der Waals surface area contributed by atoms with Crippen LogP contribution in [0.25, 0.3) is 0 Å². The highest BCUT2D eigenvalue weighted by molar-refractivity contribution is 9.10. The first-order valence-electron chi connectivity index (χ1n) is 5.09. The van der Waals surface area contributed by atoms with Crippen LogP contribution in [-0.2, 0) is 9.53 Å². The Labute approximate surface area is 109 Å². The average Bonchev–Trinajstić information content (AvgIpc) is 2.22. The van der Waals surface area contributed by atoms with E-state index >= 15 is 0 Å². The van der Waals surface area contributed by atoms with Crippen LogP contribution in [0.1, 0.15) is 18.1 Å². The van der Waals surface area contributed by atoms with Gasteiger partial charge in [-0.3, -0.25) is 4.79 Å². The molecule has 1 aromatic rings. The molecule has 1 rings (SSSR count). The molecule has 0 unspecified atom stereocenters. The van der Waals surface area contributed by atoms with Crippen molar-refractivity contribution in [2.24, 2.45) is 0 Å². The summed E-state index contributed by atoms with van der Waals surface area (Å²) >= 11 is 5.01. The first-order chi connectivity index (χ1) is 7.54. The van der Waals surface area contributed by atoms with Crippen LogP contribution in [-0.4, -0.2) is 18.3 Å². The molecule has 88 valence electrons. The molecule has 16 heavy (non-hydrogen) atoms. The number of hydrogen-bond acceptors (Lipinski definition) is 3. The Balaban J connectivity index is 2.67. The van der Waals surface area contributed by atoms with E-state index in [1.807, 2.05) is 20.8 Å². The van der Waals surface area contributed by atoms with E-state index in [4.69, 9.17) is 4.74 Å². The molecule has 0 fully saturated rings. The lowest BCUT2D eigenvalue weighted by Gasteiger charge is -2.08. The lowest BCUT2D eigenvalue weighted by atomic mass is 10.2. The summed E-state index contributed by atoms with van der Waals surface area (Å²) in [5.41, 5.74) is 2.35. The van der Waals surface area contributed by atoms with Gasteiger partial charge in [0.15, 0.2) is 0 Å². The molecule has 0 aliphatic rings. The molecule has 2 nitrogen and oxygen atoms in total. The van der Waals surface area contributed by atoms with Crippen molar-refractivity contribution in [3.05, 3.63) is 27.7 Å². The summed E-state index contributed by atoms with van der Waals surface area (Å²) in [5.74, 6) is 0.211. The highest BCUT2D eigenvalue weighted by Crippen LogP contribution is 2.28. The topological polar surface area (TPSA) is 26.3 Å². The molecule has 4 heteroatoms. The van der Waals surface area contributed by atoms with Gasteiger partial charge in [-0.25, -0.2) is 0 Å². The predicted octanol–water partition coefficient (Wildman–Crippen LogP) is 3.72. The van der Waals surface area contributed by atoms with Crippen molar-refractivity contribution < 1.29 is 9.53 Å². The summed E-state index contributed by atoms with van der Waals surface area (Å²) < 4.78 is 5.99. The van der Waals surface area contributed by atoms with Gasteiger partial charge >= 0.3 is 5.97 Å². The van der Waals surface area contributed by atoms with Crippen LogP contribution in [0.3, 0.4) is 0 Å². The van der Waals surface area contributed by atoms with Crippen LogP contribution < -0.4 is 0 Å². The minimum absolute atomic E-state index is 0.160. The summed E-state index contributed by atoms with van der Waals surface area (Å²) in [6.07, 6.45) is 0. The fraction of sp³-hybridized carbons (Fsp3) is 0.417. The zero-order valence-corrected chi connectivity index (χ0v) is 12.1. The molecule has 0 atom stereocenters. The van der Waals surface area contributed by atoms with Gasteiger partial charge in [0, 0.05) is 9.37 Å². The third kappa shape index (κ3) is 3.83. The molecule has 0 aliphatic carbocycles. The maximum Gasteiger partial charge on any atom is 0.316 e. The van der Waals surface area contributed by atoms with Gasteiger partial charge in [-0.1, -0.05) is 15.9 Å². The number of halogens is 1. The average molecular weight is 303 g/mol. The maximum absolute atomic E-state index is 11.2. The second kappa shape index (κ2) is 6.30. The summed E-state index contributed by atoms with van der Waals surface area (Å²) in [4.78, 5) is 12.4. The van der Waals surface area contributed by atoms with Gasteiger partial charge in [0.2, 0.25) is 0 Å². The molecule has 0 bridgehead atoms. The molecule has 0 aromatic heterocycles. The van der Waals surface area contributed by atoms with E-state index in [-0.39, 0.29) is 5.97 Å². The summed E-state index contributed by atoms with van der Waals surface area (Å²) in [7, 11) is 0. The van der Waals surface area contributed by atoms with Gasteiger partial charge in [-0.15, -0.1) is 11.8 Å². The van der Waals surface area contributed by atoms with Gasteiger partial charge in [-0.2, -0.15) is 0 Å². The summed E-state index contributed by atoms with van der Waals surface area (Å²) in [6.45, 7) is 6.34. The van der Waals surface area contributed by atoms with Crippen molar-refractivity contribution in [3.63, 3.8) is 0 Å². The van der Waals surface area contributed by atoms with E-state index in [1.54, 1.807) is 0 Å². The summed E-state index contributed by atoms with van der Waals surface area (Å²) in [6, 6.07) is 4.16. The minimum Gasteiger partial charge on any atom is -0.465 e. The number of carbonyl (C=O) groups is 1. The largest absolute Gasteiger partial charge is 0.465 e. The molecule has 1 aromatic carbocycles. The van der Waals surface area contributed by atoms with Crippen molar-refractivity contribution >= 4 is 33.7 Å². The number of benzene rings is 1. The number of esters is 1. The highest BCUT2D eigenvalue weighted by Gasteiger charge is 2.07. The first-order valence-corrected chi connectivity index (χ1v) is 6.87. The molecule has 0 saturated heterocycles. The third-order valence-corrected chi connectivity index (χ3v) is 4.09. The van der Waals surface area contributed by atoms with E-state index < -0.39 is 0 Å². The van der Waals surface area contributed by atoms with Crippen LogP contribution in [0.2, 0.25) is 0 Å². The van der Waals surface area contributed by atoms with Gasteiger partial charge in [0.25, 0.3) is 0 Å². The number of carbonyl (C=O) groups excluding carboxylic acids is 1. The molecule has 0 N–H and O–H groups in total. The smallest absolute Gasteiger partial charge is 0.316 e. The Morgan fingerprint density at radius 2 is 2.06 bits per heavy atom. The van der Waals surface area contributed by atoms with Gasteiger partial charge in [0.1, 0.15) is 0 Å². The van der Waals surface area contributed by atoms with E-state index in [2.05, 4.69) is 28.1 Å². The SMILES string of the molecule is CCOC(=O)CSc1cc(C)c(Br)cc1C. The molecule has 0 spiro atoms. The number of rotatable bonds is 4. The Hall–Kier alpha value is -0.480. The lowest BCUT2D eigenvalue weighted by Crippen LogP contribution is -2.06. The zero-order valence-electron chi connectivity index (χ0n) is 9.67. The van der Waals surface area contributed by atoms with Crippen molar-refractivity contribution in [1.29, 1.82) is 0 Å². The first kappa shape index (κ1) is 13.6. The van der Waals surface area contributed by atoms with Crippen LogP contribution >= 0.6 is 27.7 Å². The van der Waals surface area contributed by atoms with Gasteiger partial charge in [-0.05, 0) is 44.0 Å². The van der Waals surface area contributed by atoms with E-state index in [9.17, 15) is 4.79 Å². The molecule has 0 heterocycles. The normalized spacial score (nSPS) is 10.2.